The van der Waals surface area contributed by atoms with Crippen molar-refractivity contribution in [3.05, 3.63) is 23.8 Å². The van der Waals surface area contributed by atoms with Crippen LogP contribution >= 0.6 is 10.7 Å². The fourth-order valence-corrected chi connectivity index (χ4v) is 2.16. The first kappa shape index (κ1) is 16.6. The van der Waals surface area contributed by atoms with Crippen molar-refractivity contribution < 1.29 is 26.7 Å². The van der Waals surface area contributed by atoms with E-state index in [1.54, 1.807) is 0 Å². The molecule has 9 heteroatoms. The molecular weight excluding hydrogens is 316 g/mol. The molecule has 0 unspecified atom stereocenters. The van der Waals surface area contributed by atoms with Crippen molar-refractivity contribution in [3.63, 3.8) is 0 Å². The maximum atomic E-state index is 13.5. The van der Waals surface area contributed by atoms with E-state index in [0.29, 0.717) is 6.54 Å². The number of ether oxygens (including phenoxy) is 1. The molecule has 112 valence electrons. The molecule has 0 saturated heterocycles. The molecule has 0 fully saturated rings. The number of rotatable bonds is 6. The van der Waals surface area contributed by atoms with Crippen LogP contribution in [0.1, 0.15) is 13.3 Å². The number of amides is 1. The van der Waals surface area contributed by atoms with Crippen LogP contribution in [0.3, 0.4) is 0 Å². The smallest absolute Gasteiger partial charge is 0.264 e. The summed E-state index contributed by atoms with van der Waals surface area (Å²) in [5.74, 6) is -4.24. The first-order valence-electron chi connectivity index (χ1n) is 5.59. The molecule has 0 radical (unpaired) electrons. The number of hydrogen-bond donors (Lipinski definition) is 1. The zero-order valence-corrected chi connectivity index (χ0v) is 12.0. The number of carbonyl (C=O) groups excluding carboxylic acids is 1. The molecule has 1 N–H and O–H groups in total. The molecule has 5 nitrogen and oxygen atoms in total. The summed E-state index contributed by atoms with van der Waals surface area (Å²) in [5, 5.41) is 2.48. The van der Waals surface area contributed by atoms with Crippen molar-refractivity contribution >= 4 is 25.6 Å². The molecule has 1 aromatic rings. The lowest BCUT2D eigenvalue weighted by molar-refractivity contribution is -0.123. The maximum Gasteiger partial charge on any atom is 0.264 e. The van der Waals surface area contributed by atoms with Crippen molar-refractivity contribution in [2.24, 2.45) is 0 Å². The van der Waals surface area contributed by atoms with Crippen LogP contribution < -0.4 is 10.1 Å². The van der Waals surface area contributed by atoms with Crippen LogP contribution in [0.15, 0.2) is 17.0 Å². The Hall–Kier alpha value is -1.41. The average Bonchev–Trinajstić information content (AvgIpc) is 2.36. The summed E-state index contributed by atoms with van der Waals surface area (Å²) in [5.41, 5.74) is 0. The Morgan fingerprint density at radius 3 is 2.55 bits per heavy atom. The van der Waals surface area contributed by atoms with Crippen molar-refractivity contribution in [2.45, 2.75) is 18.2 Å². The molecule has 0 aliphatic carbocycles. The van der Waals surface area contributed by atoms with Crippen LogP contribution in [0.5, 0.6) is 5.75 Å². The van der Waals surface area contributed by atoms with Gasteiger partial charge in [0.1, 0.15) is 4.90 Å². The maximum absolute atomic E-state index is 13.5. The molecule has 0 bridgehead atoms. The number of nitrogens with one attached hydrogen (secondary N) is 1. The standard InChI is InChI=1S/C11H12ClF2NO4S/c1-2-5-15-9(16)6-19-7-3-4-8(20(12,17)18)11(14)10(7)13/h3-4H,2,5-6H2,1H3,(H,15,16). The molecule has 0 aliphatic rings. The van der Waals surface area contributed by atoms with Gasteiger partial charge in [0.2, 0.25) is 5.82 Å². The summed E-state index contributed by atoms with van der Waals surface area (Å²) in [6, 6.07) is 1.65. The van der Waals surface area contributed by atoms with E-state index in [2.05, 4.69) is 5.32 Å². The second-order valence-electron chi connectivity index (χ2n) is 3.77. The number of benzene rings is 1. The van der Waals surface area contributed by atoms with E-state index in [1.165, 1.54) is 0 Å². The number of carbonyl (C=O) groups is 1. The van der Waals surface area contributed by atoms with Crippen LogP contribution in [0.25, 0.3) is 0 Å². The summed E-state index contributed by atoms with van der Waals surface area (Å²) in [6.07, 6.45) is 0.719. The Balaban J connectivity index is 2.84. The Kier molecular flexibility index (Phi) is 5.70. The van der Waals surface area contributed by atoms with E-state index in [-0.39, 0.29) is 0 Å². The summed E-state index contributed by atoms with van der Waals surface area (Å²) in [6.45, 7) is 1.77. The molecule has 0 aromatic heterocycles. The summed E-state index contributed by atoms with van der Waals surface area (Å²) < 4.78 is 53.7. The van der Waals surface area contributed by atoms with Crippen LogP contribution in [0, 0.1) is 11.6 Å². The third-order valence-electron chi connectivity index (χ3n) is 2.21. The molecule has 0 saturated carbocycles. The van der Waals surface area contributed by atoms with Gasteiger partial charge < -0.3 is 10.1 Å². The van der Waals surface area contributed by atoms with Gasteiger partial charge in [0.25, 0.3) is 15.0 Å². The average molecular weight is 328 g/mol. The largest absolute Gasteiger partial charge is 0.481 e. The summed E-state index contributed by atoms with van der Waals surface area (Å²) in [4.78, 5) is 10.2. The van der Waals surface area contributed by atoms with Gasteiger partial charge in [0.15, 0.2) is 18.2 Å². The van der Waals surface area contributed by atoms with Gasteiger partial charge in [-0.3, -0.25) is 4.79 Å². The summed E-state index contributed by atoms with van der Waals surface area (Å²) >= 11 is 0. The first-order chi connectivity index (χ1) is 9.27. The molecule has 0 heterocycles. The fraction of sp³-hybridized carbons (Fsp3) is 0.364. The lowest BCUT2D eigenvalue weighted by Gasteiger charge is -2.09. The Bertz CT molecular complexity index is 607. The molecular formula is C11H12ClF2NO4S. The van der Waals surface area contributed by atoms with Crippen molar-refractivity contribution in [3.8, 4) is 5.75 Å². The second kappa shape index (κ2) is 6.85. The minimum atomic E-state index is -4.39. The predicted molar refractivity (Wildman–Crippen MR) is 68.2 cm³/mol. The Labute approximate surface area is 119 Å². The third kappa shape index (κ3) is 4.31. The van der Waals surface area contributed by atoms with Crippen LogP contribution in [-0.4, -0.2) is 27.5 Å². The molecule has 0 aliphatic heterocycles. The van der Waals surface area contributed by atoms with Crippen LogP contribution in [-0.2, 0) is 13.8 Å². The van der Waals surface area contributed by atoms with Gasteiger partial charge in [-0.25, -0.2) is 12.8 Å². The highest BCUT2D eigenvalue weighted by Gasteiger charge is 2.22. The molecule has 0 spiro atoms. The van der Waals surface area contributed by atoms with E-state index in [9.17, 15) is 22.0 Å². The van der Waals surface area contributed by atoms with E-state index in [4.69, 9.17) is 15.4 Å². The van der Waals surface area contributed by atoms with Crippen molar-refractivity contribution in [1.82, 2.24) is 5.32 Å². The van der Waals surface area contributed by atoms with Gasteiger partial charge in [-0.05, 0) is 18.6 Å². The van der Waals surface area contributed by atoms with E-state index >= 15 is 0 Å². The predicted octanol–water partition coefficient (Wildman–Crippen LogP) is 1.80. The normalized spacial score (nSPS) is 11.2. The number of hydrogen-bond acceptors (Lipinski definition) is 4. The quantitative estimate of drug-likeness (QED) is 0.809. The minimum Gasteiger partial charge on any atom is -0.481 e. The highest BCUT2D eigenvalue weighted by atomic mass is 35.7. The van der Waals surface area contributed by atoms with Crippen molar-refractivity contribution in [2.75, 3.05) is 13.2 Å². The third-order valence-corrected chi connectivity index (χ3v) is 3.54. The zero-order valence-electron chi connectivity index (χ0n) is 10.5. The van der Waals surface area contributed by atoms with E-state index < -0.39 is 43.8 Å². The SMILES string of the molecule is CCCNC(=O)COc1ccc(S(=O)(=O)Cl)c(F)c1F. The number of halogens is 3. The Morgan fingerprint density at radius 1 is 1.35 bits per heavy atom. The van der Waals surface area contributed by atoms with Gasteiger partial charge in [-0.1, -0.05) is 6.92 Å². The monoisotopic (exact) mass is 327 g/mol. The molecule has 1 aromatic carbocycles. The summed E-state index contributed by atoms with van der Waals surface area (Å²) in [7, 11) is 0.540. The van der Waals surface area contributed by atoms with Crippen molar-refractivity contribution in [1.29, 1.82) is 0 Å². The van der Waals surface area contributed by atoms with E-state index in [0.717, 1.165) is 18.6 Å². The first-order valence-corrected chi connectivity index (χ1v) is 7.90. The van der Waals surface area contributed by atoms with Gasteiger partial charge >= 0.3 is 0 Å². The Morgan fingerprint density at radius 2 is 2.00 bits per heavy atom. The second-order valence-corrected chi connectivity index (χ2v) is 6.30. The van der Waals surface area contributed by atoms with Gasteiger partial charge in [0.05, 0.1) is 0 Å². The topological polar surface area (TPSA) is 72.5 Å². The zero-order chi connectivity index (χ0) is 15.3. The highest BCUT2D eigenvalue weighted by molar-refractivity contribution is 8.13. The van der Waals surface area contributed by atoms with Crippen LogP contribution in [0.2, 0.25) is 0 Å². The van der Waals surface area contributed by atoms with Gasteiger partial charge in [-0.2, -0.15) is 4.39 Å². The minimum absolute atomic E-state index is 0.433. The fourth-order valence-electron chi connectivity index (χ4n) is 1.27. The molecule has 20 heavy (non-hydrogen) atoms. The van der Waals surface area contributed by atoms with Gasteiger partial charge in [-0.15, -0.1) is 0 Å². The van der Waals surface area contributed by atoms with Gasteiger partial charge in [0, 0.05) is 17.2 Å². The lowest BCUT2D eigenvalue weighted by atomic mass is 10.3. The van der Waals surface area contributed by atoms with Crippen LogP contribution in [0.4, 0.5) is 8.78 Å². The highest BCUT2D eigenvalue weighted by Crippen LogP contribution is 2.27. The molecule has 1 rings (SSSR count). The molecule has 0 atom stereocenters. The van der Waals surface area contributed by atoms with E-state index in [1.807, 2.05) is 6.92 Å². The lowest BCUT2D eigenvalue weighted by Crippen LogP contribution is -2.29. The molecule has 1 amide bonds.